The van der Waals surface area contributed by atoms with Crippen molar-refractivity contribution in [1.29, 1.82) is 0 Å². The van der Waals surface area contributed by atoms with Crippen molar-refractivity contribution in [2.75, 3.05) is 7.11 Å². The minimum absolute atomic E-state index is 0.00316. The molecular weight excluding hydrogens is 337 g/mol. The monoisotopic (exact) mass is 352 g/mol. The number of esters is 1. The van der Waals surface area contributed by atoms with Crippen molar-refractivity contribution in [3.63, 3.8) is 0 Å². The first-order chi connectivity index (χ1) is 11.8. The summed E-state index contributed by atoms with van der Waals surface area (Å²) >= 11 is 0. The summed E-state index contributed by atoms with van der Waals surface area (Å²) in [6.07, 6.45) is -1.61. The van der Waals surface area contributed by atoms with Crippen LogP contribution in [-0.4, -0.2) is 30.0 Å². The quantitative estimate of drug-likeness (QED) is 0.840. The van der Waals surface area contributed by atoms with Crippen molar-refractivity contribution in [2.45, 2.75) is 18.6 Å². The summed E-state index contributed by atoms with van der Waals surface area (Å²) in [7, 11) is 1.16. The second kappa shape index (κ2) is 7.78. The van der Waals surface area contributed by atoms with Crippen LogP contribution in [0.1, 0.15) is 21.5 Å². The van der Waals surface area contributed by atoms with Crippen LogP contribution in [0.2, 0.25) is 0 Å². The zero-order valence-corrected chi connectivity index (χ0v) is 13.2. The first-order valence-electron chi connectivity index (χ1n) is 7.26. The molecule has 8 heteroatoms. The minimum atomic E-state index is -4.44. The molecule has 0 bridgehead atoms. The highest BCUT2D eigenvalue weighted by atomic mass is 19.4. The molecule has 0 saturated heterocycles. The summed E-state index contributed by atoms with van der Waals surface area (Å²) in [5.41, 5.74) is -0.0797. The number of hydrogen-bond donors (Lipinski definition) is 1. The first kappa shape index (κ1) is 18.4. The molecule has 1 N–H and O–H groups in total. The van der Waals surface area contributed by atoms with Crippen molar-refractivity contribution >= 4 is 11.9 Å². The molecule has 132 valence electrons. The van der Waals surface area contributed by atoms with Crippen molar-refractivity contribution in [3.8, 4) is 0 Å². The highest BCUT2D eigenvalue weighted by Gasteiger charge is 2.30. The lowest BCUT2D eigenvalue weighted by Gasteiger charge is -2.17. The number of ether oxygens (including phenoxy) is 1. The third-order valence-corrected chi connectivity index (χ3v) is 3.44. The van der Waals surface area contributed by atoms with Crippen LogP contribution < -0.4 is 5.32 Å². The average Bonchev–Trinajstić information content (AvgIpc) is 2.60. The number of hydrogen-bond acceptors (Lipinski definition) is 4. The maximum atomic E-state index is 12.6. The van der Waals surface area contributed by atoms with Gasteiger partial charge in [-0.15, -0.1) is 0 Å². The lowest BCUT2D eigenvalue weighted by Crippen LogP contribution is -2.43. The molecule has 0 aliphatic heterocycles. The number of benzene rings is 1. The van der Waals surface area contributed by atoms with Gasteiger partial charge in [-0.2, -0.15) is 13.2 Å². The van der Waals surface area contributed by atoms with Crippen LogP contribution in [0.5, 0.6) is 0 Å². The Morgan fingerprint density at radius 1 is 1.20 bits per heavy atom. The van der Waals surface area contributed by atoms with Gasteiger partial charge in [0.2, 0.25) is 0 Å². The molecular formula is C17H15F3N2O3. The van der Waals surface area contributed by atoms with Crippen molar-refractivity contribution in [3.05, 3.63) is 65.5 Å². The molecule has 0 spiro atoms. The van der Waals surface area contributed by atoms with Gasteiger partial charge in [-0.25, -0.2) is 4.79 Å². The van der Waals surface area contributed by atoms with Crippen molar-refractivity contribution in [2.24, 2.45) is 0 Å². The Hall–Kier alpha value is -2.90. The van der Waals surface area contributed by atoms with E-state index in [4.69, 9.17) is 0 Å². The maximum Gasteiger partial charge on any atom is 0.416 e. The number of carbonyl (C=O) groups excluding carboxylic acids is 2. The molecule has 0 aliphatic carbocycles. The molecule has 1 aromatic heterocycles. The molecule has 0 radical (unpaired) electrons. The molecule has 2 rings (SSSR count). The summed E-state index contributed by atoms with van der Waals surface area (Å²) in [5, 5.41) is 2.50. The van der Waals surface area contributed by atoms with E-state index >= 15 is 0 Å². The van der Waals surface area contributed by atoms with Crippen LogP contribution in [0.4, 0.5) is 13.2 Å². The van der Waals surface area contributed by atoms with Gasteiger partial charge in [-0.05, 0) is 29.8 Å². The number of pyridine rings is 1. The van der Waals surface area contributed by atoms with Gasteiger partial charge in [0.15, 0.2) is 0 Å². The van der Waals surface area contributed by atoms with E-state index in [9.17, 15) is 22.8 Å². The molecule has 1 heterocycles. The molecule has 0 saturated carbocycles. The topological polar surface area (TPSA) is 68.3 Å². The Labute approximate surface area is 141 Å². The molecule has 1 amide bonds. The third-order valence-electron chi connectivity index (χ3n) is 3.44. The Balaban J connectivity index is 2.13. The largest absolute Gasteiger partial charge is 0.467 e. The van der Waals surface area contributed by atoms with Crippen molar-refractivity contribution < 1.29 is 27.5 Å². The number of nitrogens with zero attached hydrogens (tertiary/aromatic N) is 1. The first-order valence-corrected chi connectivity index (χ1v) is 7.26. The SMILES string of the molecule is COC(=O)[C@@H](Cc1ccc(C(F)(F)F)cc1)NC(=O)c1cccnc1. The van der Waals surface area contributed by atoms with E-state index in [-0.39, 0.29) is 12.0 Å². The zero-order valence-electron chi connectivity index (χ0n) is 13.2. The minimum Gasteiger partial charge on any atom is -0.467 e. The highest BCUT2D eigenvalue weighted by molar-refractivity contribution is 5.96. The fourth-order valence-corrected chi connectivity index (χ4v) is 2.14. The smallest absolute Gasteiger partial charge is 0.416 e. The van der Waals surface area contributed by atoms with Gasteiger partial charge in [0.25, 0.3) is 5.91 Å². The summed E-state index contributed by atoms with van der Waals surface area (Å²) < 4.78 is 42.4. The average molecular weight is 352 g/mol. The van der Waals surface area contributed by atoms with Crippen LogP contribution in [-0.2, 0) is 22.1 Å². The molecule has 1 atom stereocenters. The molecule has 0 fully saturated rings. The number of rotatable bonds is 5. The summed E-state index contributed by atoms with van der Waals surface area (Å²) in [4.78, 5) is 27.8. The molecule has 1 aromatic carbocycles. The highest BCUT2D eigenvalue weighted by Crippen LogP contribution is 2.29. The number of carbonyl (C=O) groups is 2. The van der Waals surface area contributed by atoms with Crippen LogP contribution in [0.25, 0.3) is 0 Å². The van der Waals surface area contributed by atoms with Gasteiger partial charge in [0.05, 0.1) is 18.2 Å². The van der Waals surface area contributed by atoms with E-state index in [2.05, 4.69) is 15.0 Å². The maximum absolute atomic E-state index is 12.6. The Morgan fingerprint density at radius 2 is 1.88 bits per heavy atom. The second-order valence-electron chi connectivity index (χ2n) is 5.19. The molecule has 2 aromatic rings. The van der Waals surface area contributed by atoms with Gasteiger partial charge in [0, 0.05) is 18.8 Å². The van der Waals surface area contributed by atoms with E-state index in [1.807, 2.05) is 0 Å². The van der Waals surface area contributed by atoms with E-state index in [1.165, 1.54) is 30.6 Å². The van der Waals surface area contributed by atoms with E-state index in [0.29, 0.717) is 5.56 Å². The molecule has 25 heavy (non-hydrogen) atoms. The fraction of sp³-hybridized carbons (Fsp3) is 0.235. The molecule has 5 nitrogen and oxygen atoms in total. The second-order valence-corrected chi connectivity index (χ2v) is 5.19. The fourth-order valence-electron chi connectivity index (χ4n) is 2.14. The summed E-state index contributed by atoms with van der Waals surface area (Å²) in [6.45, 7) is 0. The van der Waals surface area contributed by atoms with E-state index < -0.39 is 29.7 Å². The van der Waals surface area contributed by atoms with Crippen LogP contribution in [0.15, 0.2) is 48.8 Å². The number of alkyl halides is 3. The Bertz CT molecular complexity index is 731. The third kappa shape index (κ3) is 5.03. The lowest BCUT2D eigenvalue weighted by molar-refractivity contribution is -0.143. The predicted octanol–water partition coefficient (Wildman–Crippen LogP) is 2.61. The Morgan fingerprint density at radius 3 is 2.40 bits per heavy atom. The zero-order chi connectivity index (χ0) is 18.4. The summed E-state index contributed by atoms with van der Waals surface area (Å²) in [6, 6.07) is 6.42. The standard InChI is InChI=1S/C17H15F3N2O3/c1-25-16(24)14(22-15(23)12-3-2-8-21-10-12)9-11-4-6-13(7-5-11)17(18,19)20/h2-8,10,14H,9H2,1H3,(H,22,23)/t14-/m1/s1. The lowest BCUT2D eigenvalue weighted by atomic mass is 10.0. The summed E-state index contributed by atoms with van der Waals surface area (Å²) in [5.74, 6) is -1.23. The normalized spacial score (nSPS) is 12.3. The van der Waals surface area contributed by atoms with Gasteiger partial charge < -0.3 is 10.1 Å². The van der Waals surface area contributed by atoms with Crippen LogP contribution in [0, 0.1) is 0 Å². The van der Waals surface area contributed by atoms with Crippen LogP contribution in [0.3, 0.4) is 0 Å². The van der Waals surface area contributed by atoms with Gasteiger partial charge in [0.1, 0.15) is 6.04 Å². The number of nitrogens with one attached hydrogen (secondary N) is 1. The number of aromatic nitrogens is 1. The number of amides is 1. The number of halogens is 3. The van der Waals surface area contributed by atoms with Gasteiger partial charge in [-0.3, -0.25) is 9.78 Å². The predicted molar refractivity (Wildman–Crippen MR) is 82.7 cm³/mol. The molecule has 0 unspecified atom stereocenters. The number of methoxy groups -OCH3 is 1. The molecule has 0 aliphatic rings. The van der Waals surface area contributed by atoms with Gasteiger partial charge >= 0.3 is 12.1 Å². The van der Waals surface area contributed by atoms with Crippen molar-refractivity contribution in [1.82, 2.24) is 10.3 Å². The Kier molecular flexibility index (Phi) is 5.74. The van der Waals surface area contributed by atoms with Gasteiger partial charge in [-0.1, -0.05) is 12.1 Å². The van der Waals surface area contributed by atoms with E-state index in [0.717, 1.165) is 19.2 Å². The van der Waals surface area contributed by atoms with Crippen LogP contribution >= 0.6 is 0 Å². The van der Waals surface area contributed by atoms with E-state index in [1.54, 1.807) is 6.07 Å².